The van der Waals surface area contributed by atoms with E-state index in [0.29, 0.717) is 0 Å². The lowest BCUT2D eigenvalue weighted by Crippen LogP contribution is -2.32. The molecule has 0 fully saturated rings. The van der Waals surface area contributed by atoms with E-state index in [4.69, 9.17) is 9.98 Å². The summed E-state index contributed by atoms with van der Waals surface area (Å²) in [6.45, 7) is 0. The van der Waals surface area contributed by atoms with Crippen molar-refractivity contribution in [3.8, 4) is 55.8 Å². The molecule has 6 aromatic carbocycles. The molecule has 0 spiro atoms. The van der Waals surface area contributed by atoms with Crippen molar-refractivity contribution in [3.63, 3.8) is 0 Å². The number of rotatable bonds is 7. The zero-order chi connectivity index (χ0) is 34.7. The molecule has 0 bridgehead atoms. The Morgan fingerprint density at radius 3 is 1.75 bits per heavy atom. The van der Waals surface area contributed by atoms with Crippen molar-refractivity contribution in [2.75, 3.05) is 0 Å². The molecule has 246 valence electrons. The van der Waals surface area contributed by atoms with Gasteiger partial charge in [0.05, 0.1) is 17.4 Å². The lowest BCUT2D eigenvalue weighted by Gasteiger charge is -2.28. The van der Waals surface area contributed by atoms with Gasteiger partial charge in [0.15, 0.2) is 0 Å². The van der Waals surface area contributed by atoms with E-state index in [2.05, 4.69) is 168 Å². The van der Waals surface area contributed by atoms with Crippen molar-refractivity contribution in [3.05, 3.63) is 211 Å². The molecule has 0 saturated carbocycles. The molecule has 1 N–H and O–H groups in total. The van der Waals surface area contributed by atoms with Crippen LogP contribution >= 0.6 is 0 Å². The average Bonchev–Trinajstić information content (AvgIpc) is 3.24. The third-order valence-corrected chi connectivity index (χ3v) is 9.67. The monoisotopic (exact) mass is 666 g/mol. The predicted molar refractivity (Wildman–Crippen MR) is 213 cm³/mol. The Balaban J connectivity index is 1.12. The fourth-order valence-corrected chi connectivity index (χ4v) is 7.00. The molecule has 0 radical (unpaired) electrons. The van der Waals surface area contributed by atoms with Crippen LogP contribution in [0.5, 0.6) is 0 Å². The molecule has 4 nitrogen and oxygen atoms in total. The second-order valence-corrected chi connectivity index (χ2v) is 13.0. The molecule has 1 aliphatic heterocycles. The van der Waals surface area contributed by atoms with Gasteiger partial charge in [-0.15, -0.1) is 0 Å². The molecule has 0 amide bonds. The van der Waals surface area contributed by atoms with Crippen molar-refractivity contribution >= 4 is 11.5 Å². The maximum atomic E-state index is 5.26. The first-order chi connectivity index (χ1) is 25.7. The quantitative estimate of drug-likeness (QED) is 0.184. The first kappa shape index (κ1) is 31.1. The van der Waals surface area contributed by atoms with E-state index in [9.17, 15) is 0 Å². The summed E-state index contributed by atoms with van der Waals surface area (Å²) in [5, 5.41) is 3.85. The summed E-state index contributed by atoms with van der Waals surface area (Å²) in [5.41, 5.74) is 15.4. The minimum Gasteiger partial charge on any atom is -0.359 e. The number of benzene rings is 6. The number of amidine groups is 1. The topological polar surface area (TPSA) is 50.2 Å². The van der Waals surface area contributed by atoms with Crippen molar-refractivity contribution in [2.45, 2.75) is 6.04 Å². The van der Waals surface area contributed by atoms with Crippen LogP contribution in [0.4, 0.5) is 5.69 Å². The van der Waals surface area contributed by atoms with Crippen LogP contribution in [0.3, 0.4) is 0 Å². The fraction of sp³-hybridized carbons (Fsp3) is 0.0208. The molecule has 52 heavy (non-hydrogen) atoms. The van der Waals surface area contributed by atoms with Gasteiger partial charge in [0.1, 0.15) is 5.84 Å². The number of hydrogen-bond donors (Lipinski definition) is 1. The molecule has 3 heterocycles. The van der Waals surface area contributed by atoms with Crippen molar-refractivity contribution in [1.82, 2.24) is 15.3 Å². The Morgan fingerprint density at radius 2 is 1.00 bits per heavy atom. The predicted octanol–water partition coefficient (Wildman–Crippen LogP) is 11.6. The normalized spacial score (nSPS) is 13.5. The minimum absolute atomic E-state index is 0.0731. The van der Waals surface area contributed by atoms with Gasteiger partial charge in [0.2, 0.25) is 0 Å². The van der Waals surface area contributed by atoms with Crippen molar-refractivity contribution in [2.24, 2.45) is 4.99 Å². The number of aliphatic imine (C=N–C) groups is 1. The molecule has 1 atom stereocenters. The van der Waals surface area contributed by atoms with Crippen LogP contribution in [-0.2, 0) is 0 Å². The van der Waals surface area contributed by atoms with Gasteiger partial charge in [-0.1, -0.05) is 121 Å². The van der Waals surface area contributed by atoms with Crippen LogP contribution in [0.25, 0.3) is 55.8 Å². The van der Waals surface area contributed by atoms with Crippen LogP contribution in [0, 0.1) is 0 Å². The molecule has 1 unspecified atom stereocenters. The maximum Gasteiger partial charge on any atom is 0.134 e. The molecule has 8 aromatic rings. The lowest BCUT2D eigenvalue weighted by atomic mass is 9.91. The van der Waals surface area contributed by atoms with Gasteiger partial charge < -0.3 is 5.32 Å². The third kappa shape index (κ3) is 6.30. The average molecular weight is 667 g/mol. The van der Waals surface area contributed by atoms with Gasteiger partial charge in [-0.2, -0.15) is 0 Å². The molecule has 1 aliphatic rings. The van der Waals surface area contributed by atoms with Crippen LogP contribution < -0.4 is 5.32 Å². The zero-order valence-corrected chi connectivity index (χ0v) is 28.4. The fourth-order valence-electron chi connectivity index (χ4n) is 7.00. The molecular formula is C48H34N4. The molecule has 4 heteroatoms. The van der Waals surface area contributed by atoms with Gasteiger partial charge in [0.25, 0.3) is 0 Å². The van der Waals surface area contributed by atoms with E-state index in [1.54, 1.807) is 6.20 Å². The highest BCUT2D eigenvalue weighted by atomic mass is 15.1. The Hall–Kier alpha value is -6.91. The highest BCUT2D eigenvalue weighted by Crippen LogP contribution is 2.39. The molecule has 0 aliphatic carbocycles. The third-order valence-electron chi connectivity index (χ3n) is 9.67. The molecule has 2 aromatic heterocycles. The maximum absolute atomic E-state index is 5.26. The summed E-state index contributed by atoms with van der Waals surface area (Å²) < 4.78 is 0. The van der Waals surface area contributed by atoms with Crippen LogP contribution in [-0.4, -0.2) is 15.8 Å². The molecule has 9 rings (SSSR count). The SMILES string of the molecule is c1ccc(-c2ccc3c(c2)C(c2ccccc2)NC(c2cc(-c4ccc(-c5cccc(-c6cccnc6)c5)cc4)cc(-c4ccccn4)c2)=N3)cc1. The van der Waals surface area contributed by atoms with E-state index in [0.717, 1.165) is 67.3 Å². The highest BCUT2D eigenvalue weighted by Gasteiger charge is 2.25. The second-order valence-electron chi connectivity index (χ2n) is 13.0. The number of fused-ring (bicyclic) bond motifs is 1. The van der Waals surface area contributed by atoms with E-state index in [1.165, 1.54) is 16.7 Å². The van der Waals surface area contributed by atoms with Crippen LogP contribution in [0.2, 0.25) is 0 Å². The number of nitrogens with one attached hydrogen (secondary N) is 1. The van der Waals surface area contributed by atoms with E-state index in [-0.39, 0.29) is 6.04 Å². The first-order valence-corrected chi connectivity index (χ1v) is 17.5. The number of pyridine rings is 2. The summed E-state index contributed by atoms with van der Waals surface area (Å²) in [6.07, 6.45) is 5.56. The Bertz CT molecular complexity index is 2510. The first-order valence-electron chi connectivity index (χ1n) is 17.5. The van der Waals surface area contributed by atoms with Crippen molar-refractivity contribution < 1.29 is 0 Å². The van der Waals surface area contributed by atoms with Crippen LogP contribution in [0.15, 0.2) is 200 Å². The number of nitrogens with zero attached hydrogens (tertiary/aromatic N) is 3. The van der Waals surface area contributed by atoms with Crippen molar-refractivity contribution in [1.29, 1.82) is 0 Å². The minimum atomic E-state index is -0.0731. The molecule has 0 saturated heterocycles. The van der Waals surface area contributed by atoms with Gasteiger partial charge in [0, 0.05) is 40.8 Å². The summed E-state index contributed by atoms with van der Waals surface area (Å²) in [6, 6.07) is 61.9. The number of aromatic nitrogens is 2. The summed E-state index contributed by atoms with van der Waals surface area (Å²) in [5.74, 6) is 0.830. The van der Waals surface area contributed by atoms with Crippen LogP contribution in [0.1, 0.15) is 22.7 Å². The number of hydrogen-bond acceptors (Lipinski definition) is 4. The summed E-state index contributed by atoms with van der Waals surface area (Å²) >= 11 is 0. The van der Waals surface area contributed by atoms with E-state index < -0.39 is 0 Å². The Morgan fingerprint density at radius 1 is 0.404 bits per heavy atom. The zero-order valence-electron chi connectivity index (χ0n) is 28.4. The van der Waals surface area contributed by atoms with Gasteiger partial charge in [-0.05, 0) is 99.1 Å². The lowest BCUT2D eigenvalue weighted by molar-refractivity contribution is 0.750. The van der Waals surface area contributed by atoms with E-state index >= 15 is 0 Å². The molecular weight excluding hydrogens is 633 g/mol. The van der Waals surface area contributed by atoms with E-state index in [1.807, 2.05) is 30.6 Å². The van der Waals surface area contributed by atoms with Gasteiger partial charge in [-0.25, -0.2) is 4.99 Å². The Labute approximate surface area is 303 Å². The largest absolute Gasteiger partial charge is 0.359 e. The summed E-state index contributed by atoms with van der Waals surface area (Å²) in [4.78, 5) is 14.3. The standard InChI is InChI=1S/C48H34N4/c1-3-11-33(12-4-1)39-23-24-46-44(31-39)47(36-13-5-2-6-14-36)52-48(51-46)43-29-41(28-42(30-43)45-18-7-8-26-50-45)35-21-19-34(20-22-35)37-15-9-16-38(27-37)40-17-10-25-49-32-40/h1-32,47H,(H,51,52). The highest BCUT2D eigenvalue weighted by molar-refractivity contribution is 6.04. The second kappa shape index (κ2) is 13.8. The smallest absolute Gasteiger partial charge is 0.134 e. The Kier molecular flexibility index (Phi) is 8.24. The summed E-state index contributed by atoms with van der Waals surface area (Å²) in [7, 11) is 0. The van der Waals surface area contributed by atoms with Gasteiger partial charge in [-0.3, -0.25) is 9.97 Å². The van der Waals surface area contributed by atoms with Gasteiger partial charge >= 0.3 is 0 Å².